The van der Waals surface area contributed by atoms with E-state index in [2.05, 4.69) is 29.2 Å². The molecule has 6 nitrogen and oxygen atoms in total. The molecule has 0 bridgehead atoms. The van der Waals surface area contributed by atoms with Crippen molar-refractivity contribution in [3.8, 4) is 0 Å². The average Bonchev–Trinajstić information content (AvgIpc) is 2.48. The molecule has 0 aliphatic rings. The molecule has 0 aromatic carbocycles. The summed E-state index contributed by atoms with van der Waals surface area (Å²) >= 11 is 0. The second-order valence-electron chi connectivity index (χ2n) is 4.68. The zero-order valence-electron chi connectivity index (χ0n) is 12.2. The molecule has 1 aromatic heterocycles. The van der Waals surface area contributed by atoms with Crippen LogP contribution in [0.15, 0.2) is 18.3 Å². The molecule has 0 saturated carbocycles. The number of nitrogens with two attached hydrogens (primary N) is 1. The van der Waals surface area contributed by atoms with Gasteiger partial charge in [0, 0.05) is 25.3 Å². The Balaban J connectivity index is 2.75. The summed E-state index contributed by atoms with van der Waals surface area (Å²) in [5, 5.41) is 9.17. The van der Waals surface area contributed by atoms with Crippen LogP contribution < -0.4 is 11.3 Å². The molecule has 1 rings (SSSR count). The molecule has 0 fully saturated rings. The highest BCUT2D eigenvalue weighted by molar-refractivity contribution is 5.93. The first-order valence-corrected chi connectivity index (χ1v) is 6.97. The number of aliphatic hydroxyl groups excluding tert-OH is 1. The van der Waals surface area contributed by atoms with E-state index in [1.807, 2.05) is 6.07 Å². The van der Waals surface area contributed by atoms with Crippen molar-refractivity contribution in [2.24, 2.45) is 5.84 Å². The van der Waals surface area contributed by atoms with Gasteiger partial charge >= 0.3 is 0 Å². The number of pyridine rings is 1. The number of nitrogens with zero attached hydrogens (tertiary/aromatic N) is 2. The van der Waals surface area contributed by atoms with Crippen molar-refractivity contribution in [3.05, 3.63) is 29.6 Å². The van der Waals surface area contributed by atoms with Gasteiger partial charge in [-0.15, -0.1) is 0 Å². The smallest absolute Gasteiger partial charge is 0.266 e. The molecule has 112 valence electrons. The van der Waals surface area contributed by atoms with Crippen molar-refractivity contribution in [1.82, 2.24) is 15.3 Å². The Morgan fingerprint density at radius 1 is 1.45 bits per heavy atom. The molecule has 0 unspecified atom stereocenters. The van der Waals surface area contributed by atoms with Crippen LogP contribution in [0.3, 0.4) is 0 Å². The number of amides is 1. The van der Waals surface area contributed by atoms with Gasteiger partial charge in [-0.05, 0) is 25.0 Å². The van der Waals surface area contributed by atoms with Gasteiger partial charge in [0.25, 0.3) is 5.91 Å². The largest absolute Gasteiger partial charge is 0.395 e. The molecular formula is C14H24N4O2. The molecule has 0 radical (unpaired) electrons. The van der Waals surface area contributed by atoms with Gasteiger partial charge in [0.1, 0.15) is 0 Å². The molecule has 0 saturated heterocycles. The molecule has 0 spiro atoms. The molecular weight excluding hydrogens is 256 g/mol. The van der Waals surface area contributed by atoms with E-state index in [1.165, 1.54) is 6.20 Å². The van der Waals surface area contributed by atoms with E-state index in [9.17, 15) is 9.90 Å². The summed E-state index contributed by atoms with van der Waals surface area (Å²) in [5.41, 5.74) is 3.39. The lowest BCUT2D eigenvalue weighted by molar-refractivity contribution is 0.0953. The number of rotatable bonds is 8. The molecule has 0 atom stereocenters. The number of aliphatic hydroxyl groups is 1. The first-order chi connectivity index (χ1) is 9.65. The van der Waals surface area contributed by atoms with Crippen molar-refractivity contribution >= 4 is 5.91 Å². The lowest BCUT2D eigenvalue weighted by Gasteiger charge is -2.29. The van der Waals surface area contributed by atoms with Crippen LogP contribution in [0.5, 0.6) is 0 Å². The van der Waals surface area contributed by atoms with E-state index >= 15 is 0 Å². The Hall–Kier alpha value is -1.50. The third kappa shape index (κ3) is 4.56. The summed E-state index contributed by atoms with van der Waals surface area (Å²) in [6.07, 6.45) is 3.58. The molecule has 1 amide bonds. The van der Waals surface area contributed by atoms with E-state index in [4.69, 9.17) is 5.84 Å². The SMILES string of the molecule is CCC(CC)N(CCO)Cc1ccc(C(=O)NN)cn1. The predicted molar refractivity (Wildman–Crippen MR) is 77.8 cm³/mol. The predicted octanol–water partition coefficient (Wildman–Crippen LogP) is 0.668. The fourth-order valence-electron chi connectivity index (χ4n) is 2.27. The first-order valence-electron chi connectivity index (χ1n) is 6.97. The average molecular weight is 280 g/mol. The second-order valence-corrected chi connectivity index (χ2v) is 4.68. The van der Waals surface area contributed by atoms with Gasteiger partial charge in [0.2, 0.25) is 0 Å². The monoisotopic (exact) mass is 280 g/mol. The van der Waals surface area contributed by atoms with Crippen molar-refractivity contribution in [1.29, 1.82) is 0 Å². The van der Waals surface area contributed by atoms with Crippen LogP contribution in [0, 0.1) is 0 Å². The highest BCUT2D eigenvalue weighted by Crippen LogP contribution is 2.12. The van der Waals surface area contributed by atoms with Crippen molar-refractivity contribution < 1.29 is 9.90 Å². The lowest BCUT2D eigenvalue weighted by Crippen LogP contribution is -2.36. The number of nitrogens with one attached hydrogen (secondary N) is 1. The van der Waals surface area contributed by atoms with Crippen molar-refractivity contribution in [3.63, 3.8) is 0 Å². The minimum absolute atomic E-state index is 0.129. The van der Waals surface area contributed by atoms with Crippen molar-refractivity contribution in [2.75, 3.05) is 13.2 Å². The molecule has 1 heterocycles. The van der Waals surface area contributed by atoms with Gasteiger partial charge in [0.05, 0.1) is 17.9 Å². The minimum atomic E-state index is -0.351. The van der Waals surface area contributed by atoms with E-state index in [0.29, 0.717) is 24.7 Å². The van der Waals surface area contributed by atoms with Crippen LogP contribution >= 0.6 is 0 Å². The zero-order chi connectivity index (χ0) is 15.0. The number of hydrazine groups is 1. The summed E-state index contributed by atoms with van der Waals surface area (Å²) < 4.78 is 0. The minimum Gasteiger partial charge on any atom is -0.395 e. The van der Waals surface area contributed by atoms with Gasteiger partial charge in [0.15, 0.2) is 0 Å². The van der Waals surface area contributed by atoms with Crippen LogP contribution in [0.2, 0.25) is 0 Å². The molecule has 4 N–H and O–H groups in total. The summed E-state index contributed by atoms with van der Waals surface area (Å²) in [5.74, 6) is 4.72. The fourth-order valence-corrected chi connectivity index (χ4v) is 2.27. The standard InChI is InChI=1S/C14H24N4O2/c1-3-13(4-2)18(7-8-19)10-12-6-5-11(9-16-12)14(20)17-15/h5-6,9,13,19H,3-4,7-8,10,15H2,1-2H3,(H,17,20). The van der Waals surface area contributed by atoms with E-state index in [1.54, 1.807) is 6.07 Å². The van der Waals surface area contributed by atoms with E-state index in [-0.39, 0.29) is 12.5 Å². The Kier molecular flexibility index (Phi) is 7.14. The van der Waals surface area contributed by atoms with E-state index in [0.717, 1.165) is 18.5 Å². The van der Waals surface area contributed by atoms with Crippen molar-refractivity contribution in [2.45, 2.75) is 39.3 Å². The summed E-state index contributed by atoms with van der Waals surface area (Å²) in [6.45, 7) is 5.70. The summed E-state index contributed by atoms with van der Waals surface area (Å²) in [7, 11) is 0. The third-order valence-electron chi connectivity index (χ3n) is 3.43. The number of carbonyl (C=O) groups excluding carboxylic acids is 1. The first kappa shape index (κ1) is 16.6. The van der Waals surface area contributed by atoms with Crippen LogP contribution in [-0.2, 0) is 6.54 Å². The highest BCUT2D eigenvalue weighted by Gasteiger charge is 2.15. The Morgan fingerprint density at radius 2 is 2.15 bits per heavy atom. The third-order valence-corrected chi connectivity index (χ3v) is 3.43. The van der Waals surface area contributed by atoms with Gasteiger partial charge in [-0.3, -0.25) is 20.1 Å². The Morgan fingerprint density at radius 3 is 2.60 bits per heavy atom. The summed E-state index contributed by atoms with van der Waals surface area (Å²) in [6, 6.07) is 3.95. The van der Waals surface area contributed by atoms with Gasteiger partial charge in [-0.1, -0.05) is 13.8 Å². The maximum atomic E-state index is 11.3. The maximum Gasteiger partial charge on any atom is 0.266 e. The van der Waals surface area contributed by atoms with Crippen LogP contribution in [0.25, 0.3) is 0 Å². The maximum absolute atomic E-state index is 11.3. The fraction of sp³-hybridized carbons (Fsp3) is 0.571. The number of hydrogen-bond acceptors (Lipinski definition) is 5. The topological polar surface area (TPSA) is 91.5 Å². The molecule has 0 aliphatic carbocycles. The summed E-state index contributed by atoms with van der Waals surface area (Å²) in [4.78, 5) is 17.8. The zero-order valence-corrected chi connectivity index (χ0v) is 12.2. The van der Waals surface area contributed by atoms with Crippen LogP contribution in [0.1, 0.15) is 42.7 Å². The highest BCUT2D eigenvalue weighted by atomic mass is 16.3. The van der Waals surface area contributed by atoms with Gasteiger partial charge in [-0.25, -0.2) is 5.84 Å². The van der Waals surface area contributed by atoms with Crippen LogP contribution in [0.4, 0.5) is 0 Å². The molecule has 20 heavy (non-hydrogen) atoms. The lowest BCUT2D eigenvalue weighted by atomic mass is 10.1. The number of hydrogen-bond donors (Lipinski definition) is 3. The second kappa shape index (κ2) is 8.63. The molecule has 1 aromatic rings. The number of carbonyl (C=O) groups is 1. The molecule has 6 heteroatoms. The number of nitrogen functional groups attached to an aromatic ring is 1. The Bertz CT molecular complexity index is 404. The quantitative estimate of drug-likeness (QED) is 0.370. The molecule has 0 aliphatic heterocycles. The van der Waals surface area contributed by atoms with Gasteiger partial charge < -0.3 is 5.11 Å². The van der Waals surface area contributed by atoms with Gasteiger partial charge in [-0.2, -0.15) is 0 Å². The van der Waals surface area contributed by atoms with Crippen LogP contribution in [-0.4, -0.2) is 40.1 Å². The normalized spacial score (nSPS) is 11.1. The number of aromatic nitrogens is 1. The van der Waals surface area contributed by atoms with E-state index < -0.39 is 0 Å². The Labute approximate surface area is 120 Å².